The van der Waals surface area contributed by atoms with Gasteiger partial charge in [0.05, 0.1) is 11.0 Å². The summed E-state index contributed by atoms with van der Waals surface area (Å²) >= 11 is 0. The molecule has 0 spiro atoms. The van der Waals surface area contributed by atoms with Gasteiger partial charge in [-0.3, -0.25) is 0 Å². The summed E-state index contributed by atoms with van der Waals surface area (Å²) < 4.78 is 0. The lowest BCUT2D eigenvalue weighted by Crippen LogP contribution is -1.96. The third-order valence-corrected chi connectivity index (χ3v) is 3.12. The molecule has 3 heteroatoms. The first-order valence-electron chi connectivity index (χ1n) is 5.97. The van der Waals surface area contributed by atoms with E-state index in [0.717, 1.165) is 27.4 Å². The van der Waals surface area contributed by atoms with Crippen LogP contribution in [0.5, 0.6) is 0 Å². The second-order valence-electron chi connectivity index (χ2n) is 4.40. The van der Waals surface area contributed by atoms with Crippen molar-refractivity contribution in [1.29, 1.82) is 0 Å². The fourth-order valence-corrected chi connectivity index (χ4v) is 2.30. The highest BCUT2D eigenvalue weighted by Crippen LogP contribution is 2.25. The maximum atomic E-state index is 9.12. The van der Waals surface area contributed by atoms with Gasteiger partial charge in [0.25, 0.3) is 0 Å². The maximum absolute atomic E-state index is 9.12. The summed E-state index contributed by atoms with van der Waals surface area (Å²) in [7, 11) is 0. The largest absolute Gasteiger partial charge is 0.399 e. The van der Waals surface area contributed by atoms with E-state index in [0.29, 0.717) is 12.1 Å². The monoisotopic (exact) mass is 238 g/mol. The Labute approximate surface area is 105 Å². The summed E-state index contributed by atoms with van der Waals surface area (Å²) in [6.07, 6.45) is 0.599. The lowest BCUT2D eigenvalue weighted by Gasteiger charge is -2.08. The first kappa shape index (κ1) is 11.0. The van der Waals surface area contributed by atoms with Crippen LogP contribution in [-0.4, -0.2) is 16.7 Å². The van der Waals surface area contributed by atoms with E-state index < -0.39 is 0 Å². The van der Waals surface area contributed by atoms with Gasteiger partial charge in [0.15, 0.2) is 0 Å². The summed E-state index contributed by atoms with van der Waals surface area (Å²) in [5.41, 5.74) is 9.46. The van der Waals surface area contributed by atoms with Gasteiger partial charge in [0, 0.05) is 23.1 Å². The Bertz CT molecular complexity index is 722. The van der Waals surface area contributed by atoms with E-state index in [2.05, 4.69) is 11.1 Å². The van der Waals surface area contributed by atoms with E-state index in [4.69, 9.17) is 10.8 Å². The third kappa shape index (κ3) is 1.79. The van der Waals surface area contributed by atoms with Crippen molar-refractivity contribution in [3.8, 4) is 0 Å². The Hall–Kier alpha value is -2.13. The highest BCUT2D eigenvalue weighted by atomic mass is 16.2. The van der Waals surface area contributed by atoms with E-state index in [9.17, 15) is 0 Å². The minimum absolute atomic E-state index is 0.116. The van der Waals surface area contributed by atoms with E-state index in [1.807, 2.05) is 36.4 Å². The Morgan fingerprint density at radius 2 is 1.89 bits per heavy atom. The average molecular weight is 238 g/mol. The lowest BCUT2D eigenvalue weighted by atomic mass is 10.0. The highest BCUT2D eigenvalue weighted by Gasteiger charge is 2.05. The van der Waals surface area contributed by atoms with Crippen molar-refractivity contribution in [2.75, 3.05) is 12.3 Å². The molecule has 0 aliphatic rings. The van der Waals surface area contributed by atoms with Crippen LogP contribution < -0.4 is 5.73 Å². The third-order valence-electron chi connectivity index (χ3n) is 3.12. The van der Waals surface area contributed by atoms with E-state index >= 15 is 0 Å². The zero-order valence-electron chi connectivity index (χ0n) is 9.93. The molecule has 3 nitrogen and oxygen atoms in total. The molecule has 18 heavy (non-hydrogen) atoms. The molecule has 0 saturated heterocycles. The normalized spacial score (nSPS) is 11.2. The van der Waals surface area contributed by atoms with Crippen LogP contribution in [0.3, 0.4) is 0 Å². The number of benzene rings is 2. The second kappa shape index (κ2) is 4.27. The number of aliphatic hydroxyl groups is 1. The molecule has 0 unspecified atom stereocenters. The topological polar surface area (TPSA) is 59.1 Å². The molecule has 0 aliphatic carbocycles. The average Bonchev–Trinajstić information content (AvgIpc) is 2.37. The van der Waals surface area contributed by atoms with Gasteiger partial charge in [-0.05, 0) is 36.2 Å². The van der Waals surface area contributed by atoms with E-state index in [1.54, 1.807) is 0 Å². The number of rotatable bonds is 2. The van der Waals surface area contributed by atoms with Crippen molar-refractivity contribution in [3.05, 3.63) is 48.0 Å². The molecular weight excluding hydrogens is 224 g/mol. The zero-order chi connectivity index (χ0) is 12.5. The van der Waals surface area contributed by atoms with Gasteiger partial charge in [0.1, 0.15) is 0 Å². The zero-order valence-corrected chi connectivity index (χ0v) is 9.93. The first-order chi connectivity index (χ1) is 8.78. The Kier molecular flexibility index (Phi) is 2.61. The van der Waals surface area contributed by atoms with E-state index in [-0.39, 0.29) is 6.61 Å². The number of hydrogen-bond acceptors (Lipinski definition) is 3. The van der Waals surface area contributed by atoms with Crippen LogP contribution in [-0.2, 0) is 6.42 Å². The minimum atomic E-state index is 0.116. The van der Waals surface area contributed by atoms with Gasteiger partial charge in [-0.15, -0.1) is 0 Å². The van der Waals surface area contributed by atoms with Gasteiger partial charge in [-0.25, -0.2) is 4.98 Å². The number of pyridine rings is 1. The molecule has 2 aromatic carbocycles. The van der Waals surface area contributed by atoms with Crippen LogP contribution >= 0.6 is 0 Å². The van der Waals surface area contributed by atoms with Gasteiger partial charge in [0.2, 0.25) is 0 Å². The van der Waals surface area contributed by atoms with Gasteiger partial charge >= 0.3 is 0 Å². The Morgan fingerprint density at radius 1 is 1.06 bits per heavy atom. The first-order valence-corrected chi connectivity index (χ1v) is 5.97. The predicted molar refractivity (Wildman–Crippen MR) is 74.5 cm³/mol. The number of aromatic nitrogens is 1. The number of nitrogens with two attached hydrogens (primary N) is 1. The molecule has 90 valence electrons. The van der Waals surface area contributed by atoms with Crippen LogP contribution in [0.4, 0.5) is 5.69 Å². The number of nitrogens with zero attached hydrogens (tertiary/aromatic N) is 1. The quantitative estimate of drug-likeness (QED) is 0.532. The summed E-state index contributed by atoms with van der Waals surface area (Å²) in [6.45, 7) is 0.116. The molecule has 0 saturated carbocycles. The fraction of sp³-hybridized carbons (Fsp3) is 0.133. The smallest absolute Gasteiger partial charge is 0.0733 e. The number of aliphatic hydroxyl groups excluding tert-OH is 1. The molecule has 0 amide bonds. The van der Waals surface area contributed by atoms with Crippen molar-refractivity contribution < 1.29 is 5.11 Å². The molecule has 0 bridgehead atoms. The van der Waals surface area contributed by atoms with Crippen molar-refractivity contribution >= 4 is 27.5 Å². The van der Waals surface area contributed by atoms with Gasteiger partial charge in [-0.1, -0.05) is 18.2 Å². The van der Waals surface area contributed by atoms with Crippen LogP contribution in [0.15, 0.2) is 42.5 Å². The molecule has 3 aromatic rings. The fourth-order valence-electron chi connectivity index (χ4n) is 2.30. The molecule has 3 N–H and O–H groups in total. The highest BCUT2D eigenvalue weighted by molar-refractivity contribution is 5.95. The molecule has 0 radical (unpaired) electrons. The van der Waals surface area contributed by atoms with Crippen LogP contribution in [0.1, 0.15) is 5.56 Å². The Morgan fingerprint density at radius 3 is 2.72 bits per heavy atom. The molecule has 0 fully saturated rings. The van der Waals surface area contributed by atoms with Crippen LogP contribution in [0, 0.1) is 0 Å². The Balaban J connectivity index is 2.38. The van der Waals surface area contributed by atoms with Crippen LogP contribution in [0.2, 0.25) is 0 Å². The molecular formula is C15H14N2O. The van der Waals surface area contributed by atoms with Gasteiger partial charge in [-0.2, -0.15) is 0 Å². The number of nitrogen functional groups attached to an aromatic ring is 1. The number of anilines is 1. The minimum Gasteiger partial charge on any atom is -0.399 e. The summed E-state index contributed by atoms with van der Waals surface area (Å²) in [5, 5.41) is 11.3. The lowest BCUT2D eigenvalue weighted by molar-refractivity contribution is 0.300. The summed E-state index contributed by atoms with van der Waals surface area (Å²) in [6, 6.07) is 13.9. The van der Waals surface area contributed by atoms with Crippen molar-refractivity contribution in [3.63, 3.8) is 0 Å². The van der Waals surface area contributed by atoms with E-state index in [1.165, 1.54) is 0 Å². The SMILES string of the molecule is Nc1cc(CCO)c2cc3ccccc3nc2c1. The predicted octanol–water partition coefficient (Wildman–Crippen LogP) is 2.51. The van der Waals surface area contributed by atoms with Gasteiger partial charge < -0.3 is 10.8 Å². The van der Waals surface area contributed by atoms with Crippen molar-refractivity contribution in [2.45, 2.75) is 6.42 Å². The standard InChI is InChI=1S/C15H14N2O/c16-12-7-10(5-6-18)13-8-11-3-1-2-4-14(11)17-15(13)9-12/h1-4,7-9,18H,5-6,16H2. The number of fused-ring (bicyclic) bond motifs is 2. The molecule has 1 aromatic heterocycles. The maximum Gasteiger partial charge on any atom is 0.0733 e. The summed E-state index contributed by atoms with van der Waals surface area (Å²) in [4.78, 5) is 4.62. The van der Waals surface area contributed by atoms with Crippen LogP contribution in [0.25, 0.3) is 21.8 Å². The van der Waals surface area contributed by atoms with Crippen molar-refractivity contribution in [1.82, 2.24) is 4.98 Å². The van der Waals surface area contributed by atoms with Crippen molar-refractivity contribution in [2.24, 2.45) is 0 Å². The summed E-state index contributed by atoms with van der Waals surface area (Å²) in [5.74, 6) is 0. The number of hydrogen-bond donors (Lipinski definition) is 2. The second-order valence-corrected chi connectivity index (χ2v) is 4.40. The molecule has 1 heterocycles. The molecule has 0 aliphatic heterocycles. The molecule has 3 rings (SSSR count). The molecule has 0 atom stereocenters. The number of para-hydroxylation sites is 1.